The van der Waals surface area contributed by atoms with E-state index in [0.29, 0.717) is 0 Å². The van der Waals surface area contributed by atoms with E-state index in [9.17, 15) is 13.2 Å². The Morgan fingerprint density at radius 3 is 2.34 bits per heavy atom. The van der Waals surface area contributed by atoms with Crippen LogP contribution in [0, 0.1) is 13.8 Å². The zero-order valence-corrected chi connectivity index (χ0v) is 24.8. The second kappa shape index (κ2) is 12.2. The number of sulfonamides is 1. The molecule has 4 aromatic rings. The molecule has 0 aliphatic rings. The van der Waals surface area contributed by atoms with Gasteiger partial charge in [0.1, 0.15) is 0 Å². The Hall–Kier alpha value is -3.05. The molecule has 10 heteroatoms. The van der Waals surface area contributed by atoms with E-state index in [0.717, 1.165) is 41.5 Å². The average Bonchev–Trinajstić information content (AvgIpc) is 3.17. The molecule has 0 atom stereocenters. The Labute approximate surface area is 239 Å². The van der Waals surface area contributed by atoms with Gasteiger partial charge in [-0.3, -0.25) is 4.79 Å². The van der Waals surface area contributed by atoms with Crippen molar-refractivity contribution < 1.29 is 13.2 Å². The normalized spacial score (nSPS) is 11.8. The van der Waals surface area contributed by atoms with Gasteiger partial charge in [-0.25, -0.2) is 13.8 Å². The van der Waals surface area contributed by atoms with Crippen LogP contribution in [-0.2, 0) is 21.4 Å². The van der Waals surface area contributed by atoms with Crippen molar-refractivity contribution in [3.05, 3.63) is 116 Å². The average molecular weight is 658 g/mol. The highest BCUT2D eigenvalue weighted by Crippen LogP contribution is 2.23. The molecule has 38 heavy (non-hydrogen) atoms. The van der Waals surface area contributed by atoms with Gasteiger partial charge in [-0.15, -0.1) is 0 Å². The molecule has 0 saturated heterocycles. The molecule has 1 amide bonds. The molecule has 0 spiro atoms. The van der Waals surface area contributed by atoms with Gasteiger partial charge in [0.2, 0.25) is 10.0 Å². The number of carbonyl (C=O) groups is 1. The van der Waals surface area contributed by atoms with Crippen LogP contribution in [0.1, 0.15) is 22.5 Å². The number of hydrazone groups is 1. The van der Waals surface area contributed by atoms with E-state index in [2.05, 4.69) is 47.0 Å². The summed E-state index contributed by atoms with van der Waals surface area (Å²) in [5.74, 6) is -0.543. The molecule has 0 bridgehead atoms. The summed E-state index contributed by atoms with van der Waals surface area (Å²) in [4.78, 5) is 12.9. The molecular weight excluding hydrogens is 632 g/mol. The van der Waals surface area contributed by atoms with Crippen molar-refractivity contribution in [1.82, 2.24) is 14.3 Å². The number of nitrogens with zero attached hydrogens (tertiary/aromatic N) is 3. The number of hydrogen-bond acceptors (Lipinski definition) is 4. The van der Waals surface area contributed by atoms with Gasteiger partial charge < -0.3 is 4.57 Å². The Morgan fingerprint density at radius 2 is 1.66 bits per heavy atom. The Bertz CT molecular complexity index is 1570. The Balaban J connectivity index is 1.51. The molecule has 0 aliphatic carbocycles. The minimum Gasteiger partial charge on any atom is -0.318 e. The summed E-state index contributed by atoms with van der Waals surface area (Å²) in [6.07, 6.45) is 1.57. The number of carbonyl (C=O) groups excluding carboxylic acids is 1. The van der Waals surface area contributed by atoms with E-state index < -0.39 is 15.9 Å². The van der Waals surface area contributed by atoms with E-state index in [4.69, 9.17) is 0 Å². The minimum atomic E-state index is -3.94. The maximum absolute atomic E-state index is 13.4. The number of hydrogen-bond donors (Lipinski definition) is 1. The first-order valence-corrected chi connectivity index (χ1v) is 14.7. The van der Waals surface area contributed by atoms with Crippen molar-refractivity contribution in [1.29, 1.82) is 0 Å². The van der Waals surface area contributed by atoms with Crippen molar-refractivity contribution in [2.75, 3.05) is 6.54 Å². The fraction of sp³-hybridized carbons (Fsp3) is 0.143. The molecule has 0 radical (unpaired) electrons. The molecule has 0 saturated carbocycles. The smallest absolute Gasteiger partial charge is 0.255 e. The minimum absolute atomic E-state index is 0.0458. The second-order valence-corrected chi connectivity index (χ2v) is 12.4. The fourth-order valence-electron chi connectivity index (χ4n) is 4.07. The van der Waals surface area contributed by atoms with E-state index in [1.54, 1.807) is 18.3 Å². The highest BCUT2D eigenvalue weighted by Gasteiger charge is 2.27. The predicted molar refractivity (Wildman–Crippen MR) is 157 cm³/mol. The van der Waals surface area contributed by atoms with Crippen molar-refractivity contribution >= 4 is 54.0 Å². The van der Waals surface area contributed by atoms with Gasteiger partial charge in [0.05, 0.1) is 17.7 Å². The van der Waals surface area contributed by atoms with Gasteiger partial charge in [-0.1, -0.05) is 68.3 Å². The van der Waals surface area contributed by atoms with Gasteiger partial charge in [-0.05, 0) is 67.9 Å². The van der Waals surface area contributed by atoms with Crippen LogP contribution in [0.2, 0.25) is 0 Å². The lowest BCUT2D eigenvalue weighted by Gasteiger charge is -2.21. The number of rotatable bonds is 9. The highest BCUT2D eigenvalue weighted by molar-refractivity contribution is 9.10. The first-order valence-electron chi connectivity index (χ1n) is 11.7. The molecule has 1 N–H and O–H groups in total. The second-order valence-electron chi connectivity index (χ2n) is 8.65. The lowest BCUT2D eigenvalue weighted by atomic mass is 10.2. The monoisotopic (exact) mass is 656 g/mol. The number of aryl methyl sites for hydroxylation is 1. The van der Waals surface area contributed by atoms with Crippen LogP contribution >= 0.6 is 31.9 Å². The lowest BCUT2D eigenvalue weighted by molar-refractivity contribution is -0.121. The van der Waals surface area contributed by atoms with Crippen molar-refractivity contribution in [3.63, 3.8) is 0 Å². The van der Waals surface area contributed by atoms with Crippen LogP contribution < -0.4 is 5.43 Å². The van der Waals surface area contributed by atoms with Gasteiger partial charge in [-0.2, -0.15) is 9.41 Å². The summed E-state index contributed by atoms with van der Waals surface area (Å²) in [7, 11) is -3.94. The maximum atomic E-state index is 13.4. The number of nitrogens with one attached hydrogen (secondary N) is 1. The fourth-order valence-corrected chi connectivity index (χ4v) is 6.10. The molecule has 0 fully saturated rings. The molecule has 1 heterocycles. The summed E-state index contributed by atoms with van der Waals surface area (Å²) in [5, 5.41) is 4.12. The molecule has 3 aromatic carbocycles. The SMILES string of the molecule is Cc1cc(/C=N/NC(=O)CN(Cc2ccccc2)S(=O)(=O)c2ccc(Br)cc2)c(C)n1-c1cccc(Br)c1. The number of aromatic nitrogens is 1. The number of benzene rings is 3. The van der Waals surface area contributed by atoms with Crippen LogP contribution in [0.25, 0.3) is 5.69 Å². The van der Waals surface area contributed by atoms with Gasteiger partial charge in [0.15, 0.2) is 0 Å². The maximum Gasteiger partial charge on any atom is 0.255 e. The first kappa shape index (κ1) is 28.0. The molecular formula is C28H26Br2N4O3S. The van der Waals surface area contributed by atoms with Gasteiger partial charge in [0.25, 0.3) is 5.91 Å². The van der Waals surface area contributed by atoms with Crippen LogP contribution in [0.5, 0.6) is 0 Å². The van der Waals surface area contributed by atoms with E-state index >= 15 is 0 Å². The van der Waals surface area contributed by atoms with Gasteiger partial charge >= 0.3 is 0 Å². The van der Waals surface area contributed by atoms with Gasteiger partial charge in [0, 0.05) is 38.1 Å². The third-order valence-electron chi connectivity index (χ3n) is 5.90. The zero-order chi connectivity index (χ0) is 27.3. The largest absolute Gasteiger partial charge is 0.318 e. The van der Waals surface area contributed by atoms with E-state index in [-0.39, 0.29) is 18.0 Å². The quantitative estimate of drug-likeness (QED) is 0.178. The third kappa shape index (κ3) is 6.68. The predicted octanol–water partition coefficient (Wildman–Crippen LogP) is 5.96. The van der Waals surface area contributed by atoms with Crippen LogP contribution in [0.15, 0.2) is 104 Å². The molecule has 0 aliphatic heterocycles. The van der Waals surface area contributed by atoms with E-state index in [1.165, 1.54) is 12.1 Å². The summed E-state index contributed by atoms with van der Waals surface area (Å²) < 4.78 is 31.8. The van der Waals surface area contributed by atoms with Crippen LogP contribution in [0.4, 0.5) is 0 Å². The highest BCUT2D eigenvalue weighted by atomic mass is 79.9. The molecule has 0 unspecified atom stereocenters. The summed E-state index contributed by atoms with van der Waals surface area (Å²) in [5.41, 5.74) is 7.08. The lowest BCUT2D eigenvalue weighted by Crippen LogP contribution is -2.39. The first-order chi connectivity index (χ1) is 18.1. The number of amides is 1. The summed E-state index contributed by atoms with van der Waals surface area (Å²) in [6.45, 7) is 3.63. The third-order valence-corrected chi connectivity index (χ3v) is 8.73. The molecule has 7 nitrogen and oxygen atoms in total. The number of halogens is 2. The Kier molecular flexibility index (Phi) is 8.99. The van der Waals surface area contributed by atoms with E-state index in [1.807, 2.05) is 74.5 Å². The topological polar surface area (TPSA) is 83.8 Å². The molecule has 4 rings (SSSR count). The summed E-state index contributed by atoms with van der Waals surface area (Å²) >= 11 is 6.84. The van der Waals surface area contributed by atoms with Crippen LogP contribution in [-0.4, -0.2) is 36.0 Å². The van der Waals surface area contributed by atoms with Crippen LogP contribution in [0.3, 0.4) is 0 Å². The van der Waals surface area contributed by atoms with Crippen molar-refractivity contribution in [2.45, 2.75) is 25.3 Å². The Morgan fingerprint density at radius 1 is 0.947 bits per heavy atom. The molecule has 196 valence electrons. The summed E-state index contributed by atoms with van der Waals surface area (Å²) in [6, 6.07) is 25.4. The van der Waals surface area contributed by atoms with Crippen molar-refractivity contribution in [3.8, 4) is 5.69 Å². The van der Waals surface area contributed by atoms with Crippen molar-refractivity contribution in [2.24, 2.45) is 5.10 Å². The molecule has 1 aromatic heterocycles. The standard InChI is InChI=1S/C28H26Br2N4O3S/c1-20-15-23(21(2)34(20)26-10-6-9-25(30)16-26)17-31-32-28(35)19-33(18-22-7-4-3-5-8-22)38(36,37)27-13-11-24(29)12-14-27/h3-17H,18-19H2,1-2H3,(H,32,35)/b31-17+. The zero-order valence-electron chi connectivity index (χ0n) is 20.8.